The van der Waals surface area contributed by atoms with Crippen LogP contribution in [0.1, 0.15) is 69.9 Å². The fraction of sp³-hybridized carbons (Fsp3) is 0.630. The van der Waals surface area contributed by atoms with Gasteiger partial charge in [-0.25, -0.2) is 9.59 Å². The van der Waals surface area contributed by atoms with E-state index in [-0.39, 0.29) is 17.6 Å². The summed E-state index contributed by atoms with van der Waals surface area (Å²) in [6.45, 7) is 6.05. The first kappa shape index (κ1) is 27.4. The zero-order chi connectivity index (χ0) is 27.1. The maximum Gasteiger partial charge on any atom is 0.335 e. The third-order valence-corrected chi connectivity index (χ3v) is 7.70. The van der Waals surface area contributed by atoms with E-state index in [0.717, 1.165) is 31.2 Å². The van der Waals surface area contributed by atoms with Crippen molar-refractivity contribution in [3.63, 3.8) is 0 Å². The maximum absolute atomic E-state index is 11.8. The second-order valence-corrected chi connectivity index (χ2v) is 10.7. The standard InChI is InChI=1S/C27H36O10/c1-4-5-6-7-13-10-17(35-26-22(30)20(28)21(29)23(36-26)25(33)34)19-15-12-14(24(31)32)8-9-16(15)27(2,3)37-18(19)11-13/h10-12,15-16,20-23,26,28-30H,4-9H2,1-3H3,(H,31,32)(H,33,34)/t15-,16-,20+,21+,22-,23+,26-/m1/s1. The molecule has 5 N–H and O–H groups in total. The lowest BCUT2D eigenvalue weighted by Crippen LogP contribution is -2.61. The SMILES string of the molecule is CCCCCc1cc(O[C@@H]2O[C@H](C(=O)O)[C@@H](O)[C@H](O)[C@H]2O)c2c(c1)OC(C)(C)[C@@H]1CCC(C(=O)O)=C[C@@H]21. The first-order chi connectivity index (χ1) is 17.4. The molecule has 0 saturated carbocycles. The number of aliphatic hydroxyl groups excluding tert-OH is 3. The van der Waals surface area contributed by atoms with Gasteiger partial charge < -0.3 is 39.7 Å². The van der Waals surface area contributed by atoms with E-state index in [1.54, 1.807) is 12.1 Å². The molecule has 0 amide bonds. The van der Waals surface area contributed by atoms with E-state index < -0.39 is 48.2 Å². The van der Waals surface area contributed by atoms with E-state index >= 15 is 0 Å². The van der Waals surface area contributed by atoms with Crippen LogP contribution in [-0.2, 0) is 20.7 Å². The van der Waals surface area contributed by atoms with Crippen LogP contribution in [0.4, 0.5) is 0 Å². The molecule has 0 spiro atoms. The minimum absolute atomic E-state index is 0.0623. The van der Waals surface area contributed by atoms with Crippen LogP contribution in [0.15, 0.2) is 23.8 Å². The number of fused-ring (bicyclic) bond motifs is 3. The highest BCUT2D eigenvalue weighted by Gasteiger charge is 2.50. The number of carboxylic acid groups (broad SMARTS) is 2. The summed E-state index contributed by atoms with van der Waals surface area (Å²) in [5.41, 5.74) is 1.19. The average Bonchev–Trinajstić information content (AvgIpc) is 2.83. The zero-order valence-electron chi connectivity index (χ0n) is 21.3. The molecule has 10 heteroatoms. The predicted octanol–water partition coefficient (Wildman–Crippen LogP) is 2.37. The van der Waals surface area contributed by atoms with Gasteiger partial charge in [0.15, 0.2) is 6.10 Å². The number of hydrogen-bond acceptors (Lipinski definition) is 8. The number of rotatable bonds is 8. The molecular weight excluding hydrogens is 484 g/mol. The van der Waals surface area contributed by atoms with Crippen molar-refractivity contribution in [1.29, 1.82) is 0 Å². The first-order valence-electron chi connectivity index (χ1n) is 12.8. The van der Waals surface area contributed by atoms with E-state index in [2.05, 4.69) is 6.92 Å². The largest absolute Gasteiger partial charge is 0.487 e. The summed E-state index contributed by atoms with van der Waals surface area (Å²) in [7, 11) is 0. The van der Waals surface area contributed by atoms with Gasteiger partial charge in [0.05, 0.1) is 0 Å². The highest BCUT2D eigenvalue weighted by Crippen LogP contribution is 2.54. The number of benzene rings is 1. The van der Waals surface area contributed by atoms with Crippen molar-refractivity contribution in [2.45, 2.75) is 102 Å². The number of aliphatic hydroxyl groups is 3. The molecule has 2 heterocycles. The van der Waals surface area contributed by atoms with E-state index in [1.807, 2.05) is 19.9 Å². The summed E-state index contributed by atoms with van der Waals surface area (Å²) < 4.78 is 17.9. The molecule has 1 saturated heterocycles. The molecule has 1 fully saturated rings. The Morgan fingerprint density at radius 3 is 2.46 bits per heavy atom. The summed E-state index contributed by atoms with van der Waals surface area (Å²) in [5.74, 6) is -2.14. The van der Waals surface area contributed by atoms with Crippen LogP contribution in [-0.4, -0.2) is 73.8 Å². The zero-order valence-corrected chi connectivity index (χ0v) is 21.3. The van der Waals surface area contributed by atoms with Gasteiger partial charge in [0.25, 0.3) is 0 Å². The Morgan fingerprint density at radius 1 is 1.08 bits per heavy atom. The summed E-state index contributed by atoms with van der Waals surface area (Å²) in [6, 6.07) is 3.70. The number of carbonyl (C=O) groups is 2. The monoisotopic (exact) mass is 520 g/mol. The van der Waals surface area contributed by atoms with Gasteiger partial charge >= 0.3 is 11.9 Å². The number of allylic oxidation sites excluding steroid dienone is 1. The molecule has 0 bridgehead atoms. The van der Waals surface area contributed by atoms with Crippen molar-refractivity contribution in [2.24, 2.45) is 5.92 Å². The topological polar surface area (TPSA) is 163 Å². The molecule has 0 radical (unpaired) electrons. The molecule has 2 aliphatic heterocycles. The Morgan fingerprint density at radius 2 is 1.81 bits per heavy atom. The average molecular weight is 521 g/mol. The Labute approximate surface area is 215 Å². The molecule has 7 atom stereocenters. The maximum atomic E-state index is 11.8. The number of unbranched alkanes of at least 4 members (excludes halogenated alkanes) is 2. The first-order valence-corrected chi connectivity index (χ1v) is 12.8. The predicted molar refractivity (Wildman–Crippen MR) is 131 cm³/mol. The van der Waals surface area contributed by atoms with Gasteiger partial charge in [-0.2, -0.15) is 0 Å². The lowest BCUT2D eigenvalue weighted by molar-refractivity contribution is -0.271. The fourth-order valence-corrected chi connectivity index (χ4v) is 5.67. The smallest absolute Gasteiger partial charge is 0.335 e. The van der Waals surface area contributed by atoms with Gasteiger partial charge in [-0.05, 0) is 57.2 Å². The molecule has 1 aliphatic carbocycles. The van der Waals surface area contributed by atoms with Crippen LogP contribution < -0.4 is 9.47 Å². The summed E-state index contributed by atoms with van der Waals surface area (Å²) in [6.07, 6.45) is -2.36. The molecule has 0 unspecified atom stereocenters. The summed E-state index contributed by atoms with van der Waals surface area (Å²) in [5, 5.41) is 50.0. The number of hydrogen-bond donors (Lipinski definition) is 5. The Hall–Kier alpha value is -2.66. The molecule has 3 aliphatic rings. The van der Waals surface area contributed by atoms with Crippen molar-refractivity contribution >= 4 is 11.9 Å². The molecule has 1 aromatic rings. The van der Waals surface area contributed by atoms with Crippen LogP contribution in [0.2, 0.25) is 0 Å². The molecule has 0 aromatic heterocycles. The van der Waals surface area contributed by atoms with Crippen molar-refractivity contribution < 1.29 is 49.3 Å². The van der Waals surface area contributed by atoms with Crippen LogP contribution in [0.25, 0.3) is 0 Å². The van der Waals surface area contributed by atoms with E-state index in [1.165, 1.54) is 0 Å². The Bertz CT molecular complexity index is 1060. The molecule has 1 aromatic carbocycles. The Kier molecular flexibility index (Phi) is 7.85. The third-order valence-electron chi connectivity index (χ3n) is 7.70. The quantitative estimate of drug-likeness (QED) is 0.322. The molecule has 204 valence electrons. The van der Waals surface area contributed by atoms with Gasteiger partial charge in [0.2, 0.25) is 6.29 Å². The van der Waals surface area contributed by atoms with E-state index in [0.29, 0.717) is 29.7 Å². The van der Waals surface area contributed by atoms with Crippen LogP contribution >= 0.6 is 0 Å². The lowest BCUT2D eigenvalue weighted by Gasteiger charge is -2.47. The van der Waals surface area contributed by atoms with Gasteiger partial charge in [0, 0.05) is 23.0 Å². The number of carboxylic acids is 2. The van der Waals surface area contributed by atoms with Gasteiger partial charge in [-0.15, -0.1) is 0 Å². The second kappa shape index (κ2) is 10.6. The number of ether oxygens (including phenoxy) is 3. The summed E-state index contributed by atoms with van der Waals surface area (Å²) in [4.78, 5) is 23.4. The molecule has 4 rings (SSSR count). The Balaban J connectivity index is 1.79. The van der Waals surface area contributed by atoms with Gasteiger partial charge in [0.1, 0.15) is 35.4 Å². The number of aliphatic carboxylic acids is 2. The second-order valence-electron chi connectivity index (χ2n) is 10.7. The van der Waals surface area contributed by atoms with E-state index in [9.17, 15) is 35.1 Å². The minimum atomic E-state index is -1.84. The van der Waals surface area contributed by atoms with Crippen LogP contribution in [0.5, 0.6) is 11.5 Å². The summed E-state index contributed by atoms with van der Waals surface area (Å²) >= 11 is 0. The van der Waals surface area contributed by atoms with Gasteiger partial charge in [-0.1, -0.05) is 25.8 Å². The van der Waals surface area contributed by atoms with Crippen LogP contribution in [0, 0.1) is 5.92 Å². The third kappa shape index (κ3) is 5.34. The number of aryl methyl sites for hydroxylation is 1. The molecule has 10 nitrogen and oxygen atoms in total. The van der Waals surface area contributed by atoms with Gasteiger partial charge in [-0.3, -0.25) is 0 Å². The fourth-order valence-electron chi connectivity index (χ4n) is 5.67. The molecule has 37 heavy (non-hydrogen) atoms. The highest BCUT2D eigenvalue weighted by molar-refractivity contribution is 5.87. The van der Waals surface area contributed by atoms with Crippen molar-refractivity contribution in [3.8, 4) is 11.5 Å². The van der Waals surface area contributed by atoms with Crippen LogP contribution in [0.3, 0.4) is 0 Å². The minimum Gasteiger partial charge on any atom is -0.487 e. The normalized spacial score (nSPS) is 32.4. The van der Waals surface area contributed by atoms with Crippen molar-refractivity contribution in [2.75, 3.05) is 0 Å². The van der Waals surface area contributed by atoms with Crippen molar-refractivity contribution in [3.05, 3.63) is 34.9 Å². The lowest BCUT2D eigenvalue weighted by atomic mass is 9.67. The van der Waals surface area contributed by atoms with Crippen molar-refractivity contribution in [1.82, 2.24) is 0 Å². The van der Waals surface area contributed by atoms with E-state index in [4.69, 9.17) is 14.2 Å². The highest BCUT2D eigenvalue weighted by atomic mass is 16.7. The molecular formula is C27H36O10.